The molecular formula is C15H9N5O2. The van der Waals surface area contributed by atoms with Crippen molar-refractivity contribution in [2.45, 2.75) is 0 Å². The van der Waals surface area contributed by atoms with Crippen LogP contribution in [0.4, 0.5) is 5.69 Å². The Balaban J connectivity index is 1.99. The van der Waals surface area contributed by atoms with Crippen LogP contribution in [-0.2, 0) is 0 Å². The number of non-ortho nitro benzene ring substituents is 1. The largest absolute Gasteiger partial charge is 0.336 e. The number of nitro benzene ring substituents is 1. The van der Waals surface area contributed by atoms with E-state index < -0.39 is 4.92 Å². The maximum absolute atomic E-state index is 10.6. The molecule has 2 aromatic heterocycles. The summed E-state index contributed by atoms with van der Waals surface area (Å²) in [6, 6.07) is 11.6. The SMILES string of the molecule is N#C/C(=C\c1ccc([N+](=O)[O-])cc1)c1nc2ncccc2[nH]1. The molecular weight excluding hydrogens is 282 g/mol. The number of imidazole rings is 1. The second-order valence-electron chi connectivity index (χ2n) is 4.48. The van der Waals surface area contributed by atoms with Crippen molar-refractivity contribution in [1.82, 2.24) is 15.0 Å². The molecule has 0 aliphatic heterocycles. The molecule has 0 spiro atoms. The first kappa shape index (κ1) is 13.5. The number of aromatic nitrogens is 3. The van der Waals surface area contributed by atoms with Gasteiger partial charge in [-0.2, -0.15) is 5.26 Å². The summed E-state index contributed by atoms with van der Waals surface area (Å²) < 4.78 is 0. The number of nitrogens with one attached hydrogen (secondary N) is 1. The Hall–Kier alpha value is -3.53. The van der Waals surface area contributed by atoms with E-state index in [1.807, 2.05) is 6.07 Å². The molecule has 2 heterocycles. The predicted molar refractivity (Wildman–Crippen MR) is 80.5 cm³/mol. The molecule has 0 bridgehead atoms. The average molecular weight is 291 g/mol. The van der Waals surface area contributed by atoms with Crippen molar-refractivity contribution in [1.29, 1.82) is 5.26 Å². The summed E-state index contributed by atoms with van der Waals surface area (Å²) in [5.41, 5.74) is 2.27. The molecule has 0 amide bonds. The Morgan fingerprint density at radius 1 is 1.32 bits per heavy atom. The molecule has 0 saturated carbocycles. The van der Waals surface area contributed by atoms with Crippen molar-refractivity contribution in [3.8, 4) is 6.07 Å². The lowest BCUT2D eigenvalue weighted by Crippen LogP contribution is -1.88. The molecule has 0 radical (unpaired) electrons. The van der Waals surface area contributed by atoms with Crippen LogP contribution in [0.15, 0.2) is 42.6 Å². The predicted octanol–water partition coefficient (Wildman–Crippen LogP) is 2.93. The third-order valence-corrected chi connectivity index (χ3v) is 3.05. The fourth-order valence-electron chi connectivity index (χ4n) is 1.99. The Bertz CT molecular complexity index is 886. The van der Waals surface area contributed by atoms with Crippen LogP contribution >= 0.6 is 0 Å². The van der Waals surface area contributed by atoms with E-state index in [2.05, 4.69) is 21.0 Å². The van der Waals surface area contributed by atoms with Gasteiger partial charge in [0.15, 0.2) is 11.5 Å². The van der Waals surface area contributed by atoms with E-state index in [-0.39, 0.29) is 5.69 Å². The number of hydrogen-bond acceptors (Lipinski definition) is 5. The molecule has 0 aliphatic rings. The summed E-state index contributed by atoms with van der Waals surface area (Å²) in [7, 11) is 0. The van der Waals surface area contributed by atoms with Gasteiger partial charge in [-0.05, 0) is 35.9 Å². The Labute approximate surface area is 124 Å². The first-order chi connectivity index (χ1) is 10.7. The molecule has 1 aromatic carbocycles. The van der Waals surface area contributed by atoms with E-state index >= 15 is 0 Å². The minimum Gasteiger partial charge on any atom is -0.336 e. The van der Waals surface area contributed by atoms with Gasteiger partial charge in [0.1, 0.15) is 6.07 Å². The summed E-state index contributed by atoms with van der Waals surface area (Å²) in [5, 5.41) is 19.9. The van der Waals surface area contributed by atoms with E-state index in [1.54, 1.807) is 30.5 Å². The smallest absolute Gasteiger partial charge is 0.269 e. The summed E-state index contributed by atoms with van der Waals surface area (Å²) in [6.07, 6.45) is 3.24. The fourth-order valence-corrected chi connectivity index (χ4v) is 1.99. The molecule has 0 aliphatic carbocycles. The topological polar surface area (TPSA) is 108 Å². The van der Waals surface area contributed by atoms with Crippen molar-refractivity contribution in [3.63, 3.8) is 0 Å². The van der Waals surface area contributed by atoms with Gasteiger partial charge < -0.3 is 4.98 Å². The highest BCUT2D eigenvalue weighted by atomic mass is 16.6. The van der Waals surface area contributed by atoms with Crippen LogP contribution in [0.1, 0.15) is 11.4 Å². The molecule has 0 saturated heterocycles. The Kier molecular flexibility index (Phi) is 3.34. The van der Waals surface area contributed by atoms with Gasteiger partial charge >= 0.3 is 0 Å². The minimum atomic E-state index is -0.469. The van der Waals surface area contributed by atoms with E-state index in [0.29, 0.717) is 22.6 Å². The number of nitrogens with zero attached hydrogens (tertiary/aromatic N) is 4. The number of rotatable bonds is 3. The van der Waals surface area contributed by atoms with Gasteiger partial charge in [0.2, 0.25) is 0 Å². The van der Waals surface area contributed by atoms with Crippen LogP contribution in [0.5, 0.6) is 0 Å². The summed E-state index contributed by atoms with van der Waals surface area (Å²) in [5.74, 6) is 0.412. The second kappa shape index (κ2) is 5.46. The van der Waals surface area contributed by atoms with Crippen molar-refractivity contribution in [2.75, 3.05) is 0 Å². The molecule has 0 unspecified atom stereocenters. The van der Waals surface area contributed by atoms with E-state index in [0.717, 1.165) is 5.52 Å². The molecule has 3 rings (SSSR count). The van der Waals surface area contributed by atoms with Crippen molar-refractivity contribution in [3.05, 3.63) is 64.1 Å². The zero-order valence-electron chi connectivity index (χ0n) is 11.2. The van der Waals surface area contributed by atoms with Crippen LogP contribution in [0.25, 0.3) is 22.8 Å². The van der Waals surface area contributed by atoms with Crippen LogP contribution in [0.2, 0.25) is 0 Å². The average Bonchev–Trinajstić information content (AvgIpc) is 2.96. The molecule has 22 heavy (non-hydrogen) atoms. The number of aromatic amines is 1. The van der Waals surface area contributed by atoms with Gasteiger partial charge in [0.05, 0.1) is 16.0 Å². The Morgan fingerprint density at radius 2 is 2.09 bits per heavy atom. The fraction of sp³-hybridized carbons (Fsp3) is 0. The second-order valence-corrected chi connectivity index (χ2v) is 4.48. The lowest BCUT2D eigenvalue weighted by molar-refractivity contribution is -0.384. The zero-order chi connectivity index (χ0) is 15.5. The molecule has 7 nitrogen and oxygen atoms in total. The number of benzene rings is 1. The normalized spacial score (nSPS) is 11.3. The number of nitriles is 1. The Morgan fingerprint density at radius 3 is 2.73 bits per heavy atom. The molecule has 7 heteroatoms. The van der Waals surface area contributed by atoms with Crippen LogP contribution in [-0.4, -0.2) is 19.9 Å². The monoisotopic (exact) mass is 291 g/mol. The van der Waals surface area contributed by atoms with Gasteiger partial charge in [-0.15, -0.1) is 0 Å². The van der Waals surface area contributed by atoms with Gasteiger partial charge in [-0.1, -0.05) is 0 Å². The maximum Gasteiger partial charge on any atom is 0.269 e. The van der Waals surface area contributed by atoms with Gasteiger partial charge in [-0.25, -0.2) is 9.97 Å². The number of nitro groups is 1. The van der Waals surface area contributed by atoms with E-state index in [1.165, 1.54) is 12.1 Å². The maximum atomic E-state index is 10.6. The summed E-state index contributed by atoms with van der Waals surface area (Å²) >= 11 is 0. The van der Waals surface area contributed by atoms with Crippen LogP contribution < -0.4 is 0 Å². The minimum absolute atomic E-state index is 0.00333. The summed E-state index contributed by atoms with van der Waals surface area (Å²) in [6.45, 7) is 0. The highest BCUT2D eigenvalue weighted by molar-refractivity contribution is 5.89. The van der Waals surface area contributed by atoms with Crippen LogP contribution in [0.3, 0.4) is 0 Å². The molecule has 0 fully saturated rings. The lowest BCUT2D eigenvalue weighted by atomic mass is 10.1. The van der Waals surface area contributed by atoms with E-state index in [9.17, 15) is 15.4 Å². The van der Waals surface area contributed by atoms with Crippen molar-refractivity contribution >= 4 is 28.5 Å². The zero-order valence-corrected chi connectivity index (χ0v) is 11.2. The van der Waals surface area contributed by atoms with Crippen molar-refractivity contribution < 1.29 is 4.92 Å². The molecule has 3 aromatic rings. The molecule has 0 atom stereocenters. The van der Waals surface area contributed by atoms with Crippen molar-refractivity contribution in [2.24, 2.45) is 0 Å². The van der Waals surface area contributed by atoms with Gasteiger partial charge in [0, 0.05) is 18.3 Å². The first-order valence-electron chi connectivity index (χ1n) is 6.35. The lowest BCUT2D eigenvalue weighted by Gasteiger charge is -1.96. The third-order valence-electron chi connectivity index (χ3n) is 3.05. The molecule has 106 valence electrons. The number of allylic oxidation sites excluding steroid dienone is 1. The highest BCUT2D eigenvalue weighted by Gasteiger charge is 2.09. The number of pyridine rings is 1. The third kappa shape index (κ3) is 2.53. The number of H-pyrrole nitrogens is 1. The standard InChI is InChI=1S/C15H9N5O2/c16-9-11(8-10-3-5-12(6-4-10)20(21)22)14-18-13-2-1-7-17-15(13)19-14/h1-8H,(H,17,18,19)/b11-8+. The number of hydrogen-bond donors (Lipinski definition) is 1. The van der Waals surface area contributed by atoms with E-state index in [4.69, 9.17) is 0 Å². The highest BCUT2D eigenvalue weighted by Crippen LogP contribution is 2.19. The summed E-state index contributed by atoms with van der Waals surface area (Å²) in [4.78, 5) is 21.5. The van der Waals surface area contributed by atoms with Gasteiger partial charge in [0.25, 0.3) is 5.69 Å². The van der Waals surface area contributed by atoms with Gasteiger partial charge in [-0.3, -0.25) is 10.1 Å². The molecule has 1 N–H and O–H groups in total. The van der Waals surface area contributed by atoms with Crippen LogP contribution in [0, 0.1) is 21.4 Å². The first-order valence-corrected chi connectivity index (χ1v) is 6.35. The quantitative estimate of drug-likeness (QED) is 0.453. The number of fused-ring (bicyclic) bond motifs is 1.